The zero-order valence-electron chi connectivity index (χ0n) is 16.2. The molecule has 0 bridgehead atoms. The number of carbonyl (C=O) groups is 1. The van der Waals surface area contributed by atoms with Gasteiger partial charge in [0.1, 0.15) is 11.9 Å². The van der Waals surface area contributed by atoms with Crippen molar-refractivity contribution in [2.75, 3.05) is 39.8 Å². The van der Waals surface area contributed by atoms with E-state index >= 15 is 0 Å². The third-order valence-electron chi connectivity index (χ3n) is 5.56. The lowest BCUT2D eigenvalue weighted by molar-refractivity contribution is -0.150. The van der Waals surface area contributed by atoms with Crippen molar-refractivity contribution in [3.63, 3.8) is 0 Å². The van der Waals surface area contributed by atoms with Crippen molar-refractivity contribution in [2.24, 2.45) is 0 Å². The first-order valence-corrected chi connectivity index (χ1v) is 9.92. The molecule has 1 aromatic carbocycles. The molecule has 1 amide bonds. The summed E-state index contributed by atoms with van der Waals surface area (Å²) in [5.41, 5.74) is 0.558. The van der Waals surface area contributed by atoms with E-state index in [1.165, 1.54) is 0 Å². The van der Waals surface area contributed by atoms with Gasteiger partial charge in [-0.05, 0) is 32.0 Å². The van der Waals surface area contributed by atoms with E-state index in [1.54, 1.807) is 6.07 Å². The van der Waals surface area contributed by atoms with E-state index in [0.717, 1.165) is 25.9 Å². The number of para-hydroxylation sites is 1. The van der Waals surface area contributed by atoms with Gasteiger partial charge in [0.25, 0.3) is 11.5 Å². The summed E-state index contributed by atoms with van der Waals surface area (Å²) >= 11 is 0. The average molecular weight is 385 g/mol. The number of hydrogen-bond acceptors (Lipinski definition) is 6. The van der Waals surface area contributed by atoms with Crippen molar-refractivity contribution in [2.45, 2.75) is 31.5 Å². The number of nitrogens with one attached hydrogen (secondary N) is 2. The number of ether oxygens (including phenoxy) is 1. The van der Waals surface area contributed by atoms with Crippen LogP contribution in [0, 0.1) is 0 Å². The minimum atomic E-state index is -0.460. The lowest BCUT2D eigenvalue weighted by Gasteiger charge is -2.35. The van der Waals surface area contributed by atoms with Crippen molar-refractivity contribution in [3.8, 4) is 0 Å². The molecule has 0 unspecified atom stereocenters. The molecule has 2 saturated heterocycles. The number of benzene rings is 1. The third-order valence-corrected chi connectivity index (χ3v) is 5.56. The van der Waals surface area contributed by atoms with Crippen LogP contribution in [0.4, 0.5) is 0 Å². The van der Waals surface area contributed by atoms with Crippen molar-refractivity contribution >= 4 is 16.8 Å². The zero-order valence-corrected chi connectivity index (χ0v) is 16.2. The lowest BCUT2D eigenvalue weighted by Crippen LogP contribution is -2.53. The van der Waals surface area contributed by atoms with Crippen molar-refractivity contribution in [3.05, 3.63) is 40.4 Å². The zero-order chi connectivity index (χ0) is 19.5. The fourth-order valence-corrected chi connectivity index (χ4v) is 4.18. The van der Waals surface area contributed by atoms with E-state index in [2.05, 4.69) is 20.2 Å². The molecular weight excluding hydrogens is 358 g/mol. The van der Waals surface area contributed by atoms with Crippen LogP contribution in [-0.2, 0) is 16.1 Å². The smallest absolute Gasteiger partial charge is 0.258 e. The highest BCUT2D eigenvalue weighted by Crippen LogP contribution is 2.20. The Balaban J connectivity index is 1.44. The van der Waals surface area contributed by atoms with Gasteiger partial charge in [-0.1, -0.05) is 12.1 Å². The van der Waals surface area contributed by atoms with E-state index in [0.29, 0.717) is 43.0 Å². The van der Waals surface area contributed by atoms with Gasteiger partial charge in [0.15, 0.2) is 0 Å². The molecule has 28 heavy (non-hydrogen) atoms. The monoisotopic (exact) mass is 385 g/mol. The Labute approximate surface area is 163 Å². The number of hydrogen-bond donors (Lipinski definition) is 2. The topological polar surface area (TPSA) is 90.6 Å². The van der Waals surface area contributed by atoms with Gasteiger partial charge in [-0.2, -0.15) is 0 Å². The molecule has 1 aromatic heterocycles. The second kappa shape index (κ2) is 8.38. The Hall–Kier alpha value is -2.29. The Morgan fingerprint density at radius 2 is 2.21 bits per heavy atom. The highest BCUT2D eigenvalue weighted by Gasteiger charge is 2.35. The van der Waals surface area contributed by atoms with Gasteiger partial charge in [0.05, 0.1) is 24.1 Å². The summed E-state index contributed by atoms with van der Waals surface area (Å²) in [7, 11) is 1.91. The van der Waals surface area contributed by atoms with Crippen molar-refractivity contribution in [1.82, 2.24) is 25.1 Å². The number of likely N-dealkylation sites (tertiary alicyclic amines) is 1. The second-order valence-electron chi connectivity index (χ2n) is 7.51. The first-order valence-electron chi connectivity index (χ1n) is 9.92. The highest BCUT2D eigenvalue weighted by atomic mass is 16.5. The number of nitrogens with zero attached hydrogens (tertiary/aromatic N) is 3. The molecule has 0 aliphatic carbocycles. The van der Waals surface area contributed by atoms with Crippen LogP contribution in [0.1, 0.15) is 18.7 Å². The Morgan fingerprint density at radius 3 is 3.07 bits per heavy atom. The normalized spacial score (nSPS) is 23.4. The van der Waals surface area contributed by atoms with E-state index in [-0.39, 0.29) is 17.5 Å². The molecule has 2 aliphatic rings. The standard InChI is InChI=1S/C20H27N5O3/c1-21-11-14-5-4-8-25(14)20(27)17-12-24(9-10-28-17)13-18-22-16-7-3-2-6-15(16)19(26)23-18/h2-3,6-7,14,17,21H,4-5,8-13H2,1H3,(H,22,23,26)/t14-,17+/m0/s1. The second-order valence-corrected chi connectivity index (χ2v) is 7.51. The molecule has 2 aliphatic heterocycles. The Kier molecular flexibility index (Phi) is 5.70. The molecule has 2 aromatic rings. The maximum absolute atomic E-state index is 13.0. The first-order chi connectivity index (χ1) is 13.7. The largest absolute Gasteiger partial charge is 0.366 e. The molecule has 2 N–H and O–H groups in total. The third kappa shape index (κ3) is 3.94. The maximum Gasteiger partial charge on any atom is 0.258 e. The van der Waals surface area contributed by atoms with Crippen LogP contribution in [0.15, 0.2) is 29.1 Å². The quantitative estimate of drug-likeness (QED) is 0.771. The molecule has 4 rings (SSSR count). The van der Waals surface area contributed by atoms with Gasteiger partial charge in [0, 0.05) is 32.2 Å². The van der Waals surface area contributed by atoms with Crippen LogP contribution in [0.25, 0.3) is 10.9 Å². The van der Waals surface area contributed by atoms with Crippen LogP contribution in [0.5, 0.6) is 0 Å². The summed E-state index contributed by atoms with van der Waals surface area (Å²) in [6.07, 6.45) is 1.61. The fraction of sp³-hybridized carbons (Fsp3) is 0.550. The highest BCUT2D eigenvalue weighted by molar-refractivity contribution is 5.82. The van der Waals surface area contributed by atoms with Crippen LogP contribution in [-0.4, -0.2) is 77.7 Å². The number of morpholine rings is 1. The summed E-state index contributed by atoms with van der Waals surface area (Å²) in [5, 5.41) is 3.76. The summed E-state index contributed by atoms with van der Waals surface area (Å²) in [6, 6.07) is 7.56. The molecule has 0 radical (unpaired) electrons. The number of H-pyrrole nitrogens is 1. The number of fused-ring (bicyclic) bond motifs is 1. The summed E-state index contributed by atoms with van der Waals surface area (Å²) in [4.78, 5) is 36.8. The van der Waals surface area contributed by atoms with Crippen LogP contribution in [0.3, 0.4) is 0 Å². The van der Waals surface area contributed by atoms with Gasteiger partial charge < -0.3 is 19.9 Å². The number of aromatic nitrogens is 2. The summed E-state index contributed by atoms with van der Waals surface area (Å²) in [6.45, 7) is 3.82. The molecule has 3 heterocycles. The van der Waals surface area contributed by atoms with E-state index < -0.39 is 6.10 Å². The van der Waals surface area contributed by atoms with Gasteiger partial charge in [0.2, 0.25) is 0 Å². The number of carbonyl (C=O) groups excluding carboxylic acids is 1. The minimum Gasteiger partial charge on any atom is -0.366 e. The molecule has 8 nitrogen and oxygen atoms in total. The molecule has 0 spiro atoms. The fourth-order valence-electron chi connectivity index (χ4n) is 4.18. The van der Waals surface area contributed by atoms with E-state index in [9.17, 15) is 9.59 Å². The van der Waals surface area contributed by atoms with E-state index in [1.807, 2.05) is 30.1 Å². The Morgan fingerprint density at radius 1 is 1.36 bits per heavy atom. The summed E-state index contributed by atoms with van der Waals surface area (Å²) < 4.78 is 5.79. The lowest BCUT2D eigenvalue weighted by atomic mass is 10.2. The molecule has 150 valence electrons. The maximum atomic E-state index is 13.0. The number of likely N-dealkylation sites (N-methyl/N-ethyl adjacent to an activating group) is 1. The van der Waals surface area contributed by atoms with Crippen molar-refractivity contribution < 1.29 is 9.53 Å². The molecule has 2 atom stereocenters. The van der Waals surface area contributed by atoms with Crippen molar-refractivity contribution in [1.29, 1.82) is 0 Å². The predicted octanol–water partition coefficient (Wildman–Crippen LogP) is 0.334. The average Bonchev–Trinajstić information content (AvgIpc) is 3.16. The summed E-state index contributed by atoms with van der Waals surface area (Å²) in [5.74, 6) is 0.688. The van der Waals surface area contributed by atoms with Gasteiger partial charge in [-0.15, -0.1) is 0 Å². The van der Waals surface area contributed by atoms with Gasteiger partial charge in [-0.25, -0.2) is 4.98 Å². The molecule has 0 saturated carbocycles. The van der Waals surface area contributed by atoms with Gasteiger partial charge in [-0.3, -0.25) is 14.5 Å². The van der Waals surface area contributed by atoms with Crippen LogP contribution in [0.2, 0.25) is 0 Å². The Bertz CT molecular complexity index is 899. The van der Waals surface area contributed by atoms with Crippen LogP contribution < -0.4 is 10.9 Å². The van der Waals surface area contributed by atoms with Gasteiger partial charge >= 0.3 is 0 Å². The molecule has 2 fully saturated rings. The van der Waals surface area contributed by atoms with E-state index in [4.69, 9.17) is 4.74 Å². The SMILES string of the molecule is CNC[C@@H]1CCCN1C(=O)[C@H]1CN(Cc2nc3ccccc3c(=O)[nH]2)CCO1. The number of amides is 1. The number of aromatic amines is 1. The molecule has 8 heteroatoms. The predicted molar refractivity (Wildman–Crippen MR) is 106 cm³/mol. The number of rotatable bonds is 5. The molecular formula is C20H27N5O3. The first kappa shape index (κ1) is 19.0. The minimum absolute atomic E-state index is 0.0717. The van der Waals surface area contributed by atoms with Crippen LogP contribution >= 0.6 is 0 Å².